The van der Waals surface area contributed by atoms with Gasteiger partial charge in [-0.3, -0.25) is 4.84 Å². The molecule has 0 aliphatic carbocycles. The first-order valence-electron chi connectivity index (χ1n) is 5.14. The summed E-state index contributed by atoms with van der Waals surface area (Å²) in [6, 6.07) is 8.38. The fourth-order valence-corrected chi connectivity index (χ4v) is 1.50. The zero-order valence-corrected chi connectivity index (χ0v) is 10.7. The van der Waals surface area contributed by atoms with Crippen molar-refractivity contribution in [1.82, 2.24) is 5.48 Å². The van der Waals surface area contributed by atoms with Crippen molar-refractivity contribution in [3.8, 4) is 0 Å². The van der Waals surface area contributed by atoms with Gasteiger partial charge >= 0.3 is 13.7 Å². The molecule has 0 fully saturated rings. The van der Waals surface area contributed by atoms with Crippen LogP contribution in [0.4, 0.5) is 0 Å². The normalized spacial score (nSPS) is 15.7. The molecule has 0 aliphatic rings. The van der Waals surface area contributed by atoms with Crippen molar-refractivity contribution in [2.75, 3.05) is 0 Å². The van der Waals surface area contributed by atoms with E-state index in [9.17, 15) is 9.36 Å². The van der Waals surface area contributed by atoms with E-state index in [1.54, 1.807) is 0 Å². The summed E-state index contributed by atoms with van der Waals surface area (Å²) >= 11 is 0. The molecule has 0 saturated heterocycles. The molecule has 0 heterocycles. The maximum absolute atomic E-state index is 11.2. The summed E-state index contributed by atoms with van der Waals surface area (Å²) < 4.78 is 14.8. The molecule has 1 rings (SSSR count). The maximum atomic E-state index is 11.2. The molecule has 0 spiro atoms. The van der Waals surface area contributed by atoms with Crippen LogP contribution in [0.1, 0.15) is 12.5 Å². The van der Waals surface area contributed by atoms with Gasteiger partial charge in [0.05, 0.1) is 6.61 Å². The molecular weight excluding hydrogens is 259 g/mol. The van der Waals surface area contributed by atoms with E-state index < -0.39 is 19.8 Å². The minimum atomic E-state index is -4.31. The van der Waals surface area contributed by atoms with Crippen molar-refractivity contribution in [2.45, 2.75) is 19.6 Å². The number of hydrogen-bond acceptors (Lipinski definition) is 5. The zero-order valence-electron chi connectivity index (χ0n) is 9.78. The van der Waals surface area contributed by atoms with Gasteiger partial charge in [0.1, 0.15) is 6.04 Å². The topological polar surface area (TPSA) is 111 Å². The lowest BCUT2D eigenvalue weighted by atomic mass is 10.2. The van der Waals surface area contributed by atoms with Gasteiger partial charge in [-0.2, -0.15) is 5.48 Å². The van der Waals surface area contributed by atoms with Crippen LogP contribution in [0.5, 0.6) is 0 Å². The lowest BCUT2D eigenvalue weighted by molar-refractivity contribution is -0.141. The monoisotopic (exact) mass is 274 g/mol. The van der Waals surface area contributed by atoms with Crippen molar-refractivity contribution >= 4 is 13.7 Å². The summed E-state index contributed by atoms with van der Waals surface area (Å²) in [6.07, 6.45) is 0. The molecule has 1 aromatic rings. The van der Waals surface area contributed by atoms with Crippen LogP contribution < -0.4 is 11.0 Å². The van der Waals surface area contributed by atoms with E-state index in [1.807, 2.05) is 30.3 Å². The van der Waals surface area contributed by atoms with Gasteiger partial charge in [-0.1, -0.05) is 30.3 Å². The predicted octanol–water partition coefficient (Wildman–Crippen LogP) is 0.699. The summed E-state index contributed by atoms with van der Waals surface area (Å²) in [7, 11) is -4.31. The molecule has 0 saturated carbocycles. The van der Waals surface area contributed by atoms with Crippen molar-refractivity contribution in [1.29, 1.82) is 0 Å². The molecule has 4 N–H and O–H groups in total. The van der Waals surface area contributed by atoms with Crippen LogP contribution in [0, 0.1) is 0 Å². The molecule has 100 valence electrons. The van der Waals surface area contributed by atoms with Crippen LogP contribution in [-0.4, -0.2) is 16.9 Å². The highest BCUT2D eigenvalue weighted by molar-refractivity contribution is 7.50. The summed E-state index contributed by atoms with van der Waals surface area (Å²) in [5.74, 6) is -0.962. The molecule has 7 nitrogen and oxygen atoms in total. The number of benzene rings is 1. The van der Waals surface area contributed by atoms with E-state index in [1.165, 1.54) is 6.92 Å². The molecular formula is C10H15N2O5P. The zero-order chi connectivity index (χ0) is 13.6. The lowest BCUT2D eigenvalue weighted by Crippen LogP contribution is -2.35. The van der Waals surface area contributed by atoms with E-state index in [4.69, 9.17) is 15.2 Å². The number of nitrogens with one attached hydrogen (secondary N) is 1. The molecule has 0 radical (unpaired) electrons. The Kier molecular flexibility index (Phi) is 5.46. The SMILES string of the molecule is C[C@H](NOCc1ccccc1)C(=O)OP(N)(=O)O. The molecule has 1 unspecified atom stereocenters. The Morgan fingerprint density at radius 3 is 2.67 bits per heavy atom. The van der Waals surface area contributed by atoms with Crippen LogP contribution >= 0.6 is 7.75 Å². The molecule has 2 atom stereocenters. The second kappa shape index (κ2) is 6.63. The average molecular weight is 274 g/mol. The van der Waals surface area contributed by atoms with Gasteiger partial charge < -0.3 is 9.42 Å². The van der Waals surface area contributed by atoms with Gasteiger partial charge in [-0.15, -0.1) is 0 Å². The second-order valence-corrected chi connectivity index (χ2v) is 4.90. The maximum Gasteiger partial charge on any atom is 0.455 e. The van der Waals surface area contributed by atoms with E-state index >= 15 is 0 Å². The average Bonchev–Trinajstić information content (AvgIpc) is 2.28. The minimum absolute atomic E-state index is 0.248. The second-order valence-electron chi connectivity index (χ2n) is 3.59. The summed E-state index contributed by atoms with van der Waals surface area (Å²) in [4.78, 5) is 24.9. The van der Waals surface area contributed by atoms with Crippen LogP contribution in [0.3, 0.4) is 0 Å². The minimum Gasteiger partial charge on any atom is -0.379 e. The van der Waals surface area contributed by atoms with Crippen LogP contribution in [0.25, 0.3) is 0 Å². The van der Waals surface area contributed by atoms with Crippen LogP contribution in [0.2, 0.25) is 0 Å². The third-order valence-corrected chi connectivity index (χ3v) is 2.36. The van der Waals surface area contributed by atoms with Gasteiger partial charge in [0.2, 0.25) is 0 Å². The Bertz CT molecular complexity index is 433. The standard InChI is InChI=1S/C10H15N2O5P/c1-8(10(13)17-18(11,14)15)12-16-7-9-5-3-2-4-6-9/h2-6,8,12H,7H2,1H3,(H3,11,14,15)/t8-/m0/s1. The number of carbonyl (C=O) groups excluding carboxylic acids is 1. The van der Waals surface area contributed by atoms with Crippen molar-refractivity contribution < 1.29 is 23.6 Å². The summed E-state index contributed by atoms with van der Waals surface area (Å²) in [6.45, 7) is 1.67. The fraction of sp³-hybridized carbons (Fsp3) is 0.300. The summed E-state index contributed by atoms with van der Waals surface area (Å²) in [5.41, 5.74) is 8.00. The number of carbonyl (C=O) groups is 1. The van der Waals surface area contributed by atoms with Crippen molar-refractivity contribution in [3.63, 3.8) is 0 Å². The largest absolute Gasteiger partial charge is 0.455 e. The first-order valence-corrected chi connectivity index (χ1v) is 6.79. The smallest absolute Gasteiger partial charge is 0.379 e. The number of hydrogen-bond donors (Lipinski definition) is 3. The lowest BCUT2D eigenvalue weighted by Gasteiger charge is -2.13. The highest BCUT2D eigenvalue weighted by Crippen LogP contribution is 2.31. The first kappa shape index (κ1) is 14.8. The van der Waals surface area contributed by atoms with Crippen LogP contribution in [0.15, 0.2) is 30.3 Å². The molecule has 18 heavy (non-hydrogen) atoms. The summed E-state index contributed by atoms with van der Waals surface area (Å²) in [5, 5.41) is 0. The third kappa shape index (κ3) is 5.90. The number of nitrogens with two attached hydrogens (primary N) is 1. The Morgan fingerprint density at radius 1 is 1.50 bits per heavy atom. The van der Waals surface area contributed by atoms with Gasteiger partial charge in [-0.25, -0.2) is 14.9 Å². The molecule has 0 aliphatic heterocycles. The third-order valence-electron chi connectivity index (χ3n) is 1.92. The fourth-order valence-electron chi connectivity index (χ4n) is 1.08. The quantitative estimate of drug-likeness (QED) is 0.517. The number of rotatable bonds is 6. The van der Waals surface area contributed by atoms with E-state index in [0.29, 0.717) is 0 Å². The van der Waals surface area contributed by atoms with E-state index in [2.05, 4.69) is 10.0 Å². The highest BCUT2D eigenvalue weighted by Gasteiger charge is 2.23. The van der Waals surface area contributed by atoms with Crippen molar-refractivity contribution in [3.05, 3.63) is 35.9 Å². The Balaban J connectivity index is 2.31. The Hall–Kier alpha value is -1.24. The van der Waals surface area contributed by atoms with Gasteiger partial charge in [0, 0.05) is 0 Å². The predicted molar refractivity (Wildman–Crippen MR) is 63.9 cm³/mol. The Labute approximate surface area is 104 Å². The molecule has 8 heteroatoms. The van der Waals surface area contributed by atoms with Gasteiger partial charge in [0.25, 0.3) is 0 Å². The first-order chi connectivity index (χ1) is 8.38. The van der Waals surface area contributed by atoms with Crippen LogP contribution in [-0.2, 0) is 25.3 Å². The van der Waals surface area contributed by atoms with Gasteiger partial charge in [0.15, 0.2) is 0 Å². The molecule has 0 bridgehead atoms. The number of hydroxylamine groups is 1. The highest BCUT2D eigenvalue weighted by atomic mass is 31.2. The Morgan fingerprint density at radius 2 is 2.11 bits per heavy atom. The molecule has 0 aromatic heterocycles. The molecule has 1 aromatic carbocycles. The van der Waals surface area contributed by atoms with Gasteiger partial charge in [-0.05, 0) is 12.5 Å². The van der Waals surface area contributed by atoms with E-state index in [0.717, 1.165) is 5.56 Å². The van der Waals surface area contributed by atoms with E-state index in [-0.39, 0.29) is 6.61 Å². The van der Waals surface area contributed by atoms with Crippen molar-refractivity contribution in [2.24, 2.45) is 5.50 Å². The molecule has 0 amide bonds.